The van der Waals surface area contributed by atoms with Crippen LogP contribution in [0.2, 0.25) is 0 Å². The third-order valence-electron chi connectivity index (χ3n) is 2.93. The summed E-state index contributed by atoms with van der Waals surface area (Å²) >= 11 is 1.49. The highest BCUT2D eigenvalue weighted by Crippen LogP contribution is 2.34. The number of hydrogen-bond acceptors (Lipinski definition) is 4. The summed E-state index contributed by atoms with van der Waals surface area (Å²) in [6.07, 6.45) is 2.65. The lowest BCUT2D eigenvalue weighted by molar-refractivity contribution is -0.113. The number of hydrogen-bond donors (Lipinski definition) is 0. The van der Waals surface area contributed by atoms with E-state index in [1.807, 2.05) is 18.2 Å². The smallest absolute Gasteiger partial charge is 0.170 e. The number of Topliss-reactive ketones (excluding diaryl/α,β-unsaturated/α-hetero) is 1. The largest absolute Gasteiger partial charge is 0.384 e. The molecule has 1 aromatic rings. The molecule has 1 aliphatic rings. The van der Waals surface area contributed by atoms with E-state index in [9.17, 15) is 9.59 Å². The molecule has 0 saturated heterocycles. The van der Waals surface area contributed by atoms with Crippen LogP contribution in [0.15, 0.2) is 41.3 Å². The molecule has 3 nitrogen and oxygen atoms in total. The summed E-state index contributed by atoms with van der Waals surface area (Å²) in [5.74, 6) is 0.0632. The molecule has 4 heteroatoms. The zero-order valence-electron chi connectivity index (χ0n) is 10.8. The van der Waals surface area contributed by atoms with Gasteiger partial charge in [0.1, 0.15) is 0 Å². The maximum Gasteiger partial charge on any atom is 0.170 e. The highest BCUT2D eigenvalue weighted by molar-refractivity contribution is 8.04. The van der Waals surface area contributed by atoms with Gasteiger partial charge in [-0.25, -0.2) is 0 Å². The number of allylic oxidation sites excluding steroid dienone is 1. The van der Waals surface area contributed by atoms with Crippen LogP contribution in [-0.4, -0.2) is 30.5 Å². The van der Waals surface area contributed by atoms with Crippen LogP contribution in [0.1, 0.15) is 23.2 Å². The summed E-state index contributed by atoms with van der Waals surface area (Å²) in [6, 6.07) is 9.10. The number of ketones is 2. The molecular formula is C15H16O3S. The molecule has 19 heavy (non-hydrogen) atoms. The molecule has 0 bridgehead atoms. The summed E-state index contributed by atoms with van der Waals surface area (Å²) in [4.78, 5) is 24.9. The zero-order chi connectivity index (χ0) is 13.7. The van der Waals surface area contributed by atoms with Crippen molar-refractivity contribution >= 4 is 23.3 Å². The van der Waals surface area contributed by atoms with Crippen LogP contribution in [0.3, 0.4) is 0 Å². The van der Waals surface area contributed by atoms with Crippen molar-refractivity contribution in [2.24, 2.45) is 0 Å². The first-order valence-corrected chi connectivity index (χ1v) is 7.07. The number of methoxy groups -OCH3 is 1. The molecule has 2 rings (SSSR count). The number of thioether (sulfide) groups is 1. The maximum atomic E-state index is 12.1. The lowest BCUT2D eigenvalue weighted by atomic mass is 10.0. The van der Waals surface area contributed by atoms with Crippen molar-refractivity contribution < 1.29 is 14.3 Å². The first kappa shape index (κ1) is 14.0. The molecule has 1 aromatic carbocycles. The van der Waals surface area contributed by atoms with E-state index in [-0.39, 0.29) is 23.2 Å². The first-order valence-electron chi connectivity index (χ1n) is 6.19. The Bertz CT molecular complexity index is 493. The summed E-state index contributed by atoms with van der Waals surface area (Å²) in [5, 5.41) is -0.264. The summed E-state index contributed by atoms with van der Waals surface area (Å²) in [7, 11) is 1.64. The quantitative estimate of drug-likeness (QED) is 0.749. The predicted molar refractivity (Wildman–Crippen MR) is 76.4 cm³/mol. The van der Waals surface area contributed by atoms with E-state index in [1.54, 1.807) is 25.3 Å². The van der Waals surface area contributed by atoms with E-state index < -0.39 is 0 Å². The molecule has 1 unspecified atom stereocenters. The first-order chi connectivity index (χ1) is 9.20. The molecular weight excluding hydrogens is 260 g/mol. The molecule has 0 radical (unpaired) electrons. The number of rotatable bonds is 6. The fourth-order valence-corrected chi connectivity index (χ4v) is 3.08. The van der Waals surface area contributed by atoms with E-state index in [0.717, 1.165) is 11.3 Å². The second kappa shape index (κ2) is 6.68. The molecule has 0 saturated carbocycles. The number of carbonyl (C=O) groups is 2. The van der Waals surface area contributed by atoms with Gasteiger partial charge in [0.05, 0.1) is 11.9 Å². The molecule has 100 valence electrons. The van der Waals surface area contributed by atoms with Gasteiger partial charge in [0.25, 0.3) is 0 Å². The second-order valence-electron chi connectivity index (χ2n) is 4.36. The van der Waals surface area contributed by atoms with E-state index in [1.165, 1.54) is 11.8 Å². The van der Waals surface area contributed by atoms with E-state index in [0.29, 0.717) is 12.2 Å². The van der Waals surface area contributed by atoms with Gasteiger partial charge in [-0.2, -0.15) is 0 Å². The second-order valence-corrected chi connectivity index (χ2v) is 5.68. The van der Waals surface area contributed by atoms with Crippen LogP contribution in [0.25, 0.3) is 0 Å². The summed E-state index contributed by atoms with van der Waals surface area (Å²) in [5.41, 5.74) is 0.668. The van der Waals surface area contributed by atoms with E-state index >= 15 is 0 Å². The number of carbonyl (C=O) groups excluding carboxylic acids is 2. The SMILES string of the molecule is COCCC1=CC(=O)C(CC(=O)c2ccccc2)S1. The van der Waals surface area contributed by atoms with Gasteiger partial charge in [0, 0.05) is 25.5 Å². The Morgan fingerprint density at radius 3 is 2.74 bits per heavy atom. The molecule has 0 fully saturated rings. The van der Waals surface area contributed by atoms with Crippen molar-refractivity contribution in [3.63, 3.8) is 0 Å². The van der Waals surface area contributed by atoms with Crippen LogP contribution >= 0.6 is 11.8 Å². The van der Waals surface area contributed by atoms with Gasteiger partial charge in [0.15, 0.2) is 11.6 Å². The highest BCUT2D eigenvalue weighted by atomic mass is 32.2. The molecule has 0 aromatic heterocycles. The summed E-state index contributed by atoms with van der Waals surface area (Å²) in [6.45, 7) is 0.603. The average Bonchev–Trinajstić information content (AvgIpc) is 2.78. The normalized spacial score (nSPS) is 18.5. The van der Waals surface area contributed by atoms with Gasteiger partial charge in [-0.15, -0.1) is 11.8 Å². The van der Waals surface area contributed by atoms with Gasteiger partial charge < -0.3 is 4.74 Å². The molecule has 0 spiro atoms. The van der Waals surface area contributed by atoms with E-state index in [4.69, 9.17) is 4.74 Å². The van der Waals surface area contributed by atoms with Crippen LogP contribution < -0.4 is 0 Å². The molecule has 1 aliphatic heterocycles. The predicted octanol–water partition coefficient (Wildman–Crippen LogP) is 2.86. The van der Waals surface area contributed by atoms with Crippen molar-refractivity contribution in [1.29, 1.82) is 0 Å². The van der Waals surface area contributed by atoms with Crippen LogP contribution in [0, 0.1) is 0 Å². The Morgan fingerprint density at radius 2 is 2.05 bits per heavy atom. The van der Waals surface area contributed by atoms with Crippen molar-refractivity contribution in [2.75, 3.05) is 13.7 Å². The molecule has 1 atom stereocenters. The van der Waals surface area contributed by atoms with Gasteiger partial charge in [-0.1, -0.05) is 30.3 Å². The zero-order valence-corrected chi connectivity index (χ0v) is 11.6. The Morgan fingerprint density at radius 1 is 1.32 bits per heavy atom. The average molecular weight is 276 g/mol. The maximum absolute atomic E-state index is 12.1. The van der Waals surface area contributed by atoms with Crippen LogP contribution in [-0.2, 0) is 9.53 Å². The van der Waals surface area contributed by atoms with Crippen molar-refractivity contribution in [3.05, 3.63) is 46.9 Å². The Balaban J connectivity index is 1.91. The minimum absolute atomic E-state index is 0.0211. The Labute approximate surface area is 117 Å². The highest BCUT2D eigenvalue weighted by Gasteiger charge is 2.28. The summed E-state index contributed by atoms with van der Waals surface area (Å²) < 4.78 is 4.99. The number of ether oxygens (including phenoxy) is 1. The molecule has 0 aliphatic carbocycles. The molecule has 1 heterocycles. The number of benzene rings is 1. The third-order valence-corrected chi connectivity index (χ3v) is 4.24. The van der Waals surface area contributed by atoms with Crippen molar-refractivity contribution in [2.45, 2.75) is 18.1 Å². The van der Waals surface area contributed by atoms with Crippen LogP contribution in [0.4, 0.5) is 0 Å². The fraction of sp³-hybridized carbons (Fsp3) is 0.333. The Kier molecular flexibility index (Phi) is 4.93. The molecule has 0 amide bonds. The lowest BCUT2D eigenvalue weighted by Gasteiger charge is -2.08. The fourth-order valence-electron chi connectivity index (χ4n) is 1.91. The van der Waals surface area contributed by atoms with Gasteiger partial charge in [0.2, 0.25) is 0 Å². The van der Waals surface area contributed by atoms with Crippen LogP contribution in [0.5, 0.6) is 0 Å². The monoisotopic (exact) mass is 276 g/mol. The topological polar surface area (TPSA) is 43.4 Å². The van der Waals surface area contributed by atoms with Crippen molar-refractivity contribution in [1.82, 2.24) is 0 Å². The standard InChI is InChI=1S/C15H16O3S/c1-18-8-7-12-9-14(17)15(19-12)10-13(16)11-5-3-2-4-6-11/h2-6,9,15H,7-8,10H2,1H3. The third kappa shape index (κ3) is 3.78. The van der Waals surface area contributed by atoms with Gasteiger partial charge >= 0.3 is 0 Å². The van der Waals surface area contributed by atoms with Gasteiger partial charge in [-0.05, 0) is 11.0 Å². The minimum atomic E-state index is -0.264. The molecule has 0 N–H and O–H groups in total. The van der Waals surface area contributed by atoms with Gasteiger partial charge in [-0.3, -0.25) is 9.59 Å². The Hall–Kier alpha value is -1.39. The van der Waals surface area contributed by atoms with E-state index in [2.05, 4.69) is 0 Å². The minimum Gasteiger partial charge on any atom is -0.384 e. The lowest BCUT2D eigenvalue weighted by Crippen LogP contribution is -2.16. The van der Waals surface area contributed by atoms with Crippen molar-refractivity contribution in [3.8, 4) is 0 Å².